The Balaban J connectivity index is 2.22. The highest BCUT2D eigenvalue weighted by Gasteiger charge is 2.27. The van der Waals surface area contributed by atoms with Crippen molar-refractivity contribution in [3.63, 3.8) is 0 Å². The summed E-state index contributed by atoms with van der Waals surface area (Å²) in [5, 5.41) is 0. The Labute approximate surface area is 91.6 Å². The fourth-order valence-corrected chi connectivity index (χ4v) is 2.16. The molecule has 0 amide bonds. The van der Waals surface area contributed by atoms with E-state index < -0.39 is 0 Å². The van der Waals surface area contributed by atoms with E-state index in [1.54, 1.807) is 6.07 Å². The number of benzene rings is 1. The molecule has 1 saturated carbocycles. The van der Waals surface area contributed by atoms with Crippen molar-refractivity contribution >= 4 is 15.9 Å². The van der Waals surface area contributed by atoms with Crippen LogP contribution in [0.25, 0.3) is 0 Å². The van der Waals surface area contributed by atoms with Gasteiger partial charge in [-0.25, -0.2) is 4.39 Å². The second-order valence-corrected chi connectivity index (χ2v) is 4.80. The van der Waals surface area contributed by atoms with Crippen molar-refractivity contribution in [2.45, 2.75) is 25.3 Å². The summed E-state index contributed by atoms with van der Waals surface area (Å²) in [6.45, 7) is 0. The van der Waals surface area contributed by atoms with E-state index in [1.165, 1.54) is 12.5 Å². The highest BCUT2D eigenvalue weighted by molar-refractivity contribution is 9.10. The summed E-state index contributed by atoms with van der Waals surface area (Å²) >= 11 is 3.23. The molecule has 1 nitrogen and oxygen atoms in total. The Morgan fingerprint density at radius 2 is 2.14 bits per heavy atom. The molecule has 0 unspecified atom stereocenters. The third-order valence-electron chi connectivity index (χ3n) is 2.98. The Hall–Kier alpha value is -0.410. The third kappa shape index (κ3) is 1.84. The Bertz CT molecular complexity index is 336. The van der Waals surface area contributed by atoms with Crippen LogP contribution in [0.15, 0.2) is 22.7 Å². The number of rotatable bonds is 2. The van der Waals surface area contributed by atoms with Crippen LogP contribution in [0.1, 0.15) is 30.9 Å². The van der Waals surface area contributed by atoms with Crippen molar-refractivity contribution in [2.75, 3.05) is 0 Å². The van der Waals surface area contributed by atoms with E-state index in [-0.39, 0.29) is 11.9 Å². The quantitative estimate of drug-likeness (QED) is 0.864. The molecule has 1 atom stereocenters. The Morgan fingerprint density at radius 3 is 2.64 bits per heavy atom. The summed E-state index contributed by atoms with van der Waals surface area (Å²) in [5.74, 6) is 0.282. The van der Waals surface area contributed by atoms with Crippen LogP contribution in [-0.2, 0) is 0 Å². The molecule has 2 N–H and O–H groups in total. The molecule has 0 aliphatic heterocycles. The molecule has 14 heavy (non-hydrogen) atoms. The maximum Gasteiger partial charge on any atom is 0.129 e. The van der Waals surface area contributed by atoms with Crippen LogP contribution >= 0.6 is 15.9 Å². The van der Waals surface area contributed by atoms with Gasteiger partial charge in [-0.3, -0.25) is 0 Å². The summed E-state index contributed by atoms with van der Waals surface area (Å²) in [7, 11) is 0. The van der Waals surface area contributed by atoms with E-state index in [2.05, 4.69) is 15.9 Å². The van der Waals surface area contributed by atoms with E-state index in [9.17, 15) is 4.39 Å². The first-order valence-corrected chi connectivity index (χ1v) is 5.68. The van der Waals surface area contributed by atoms with Crippen LogP contribution in [0.5, 0.6) is 0 Å². The van der Waals surface area contributed by atoms with Crippen LogP contribution in [0.2, 0.25) is 0 Å². The van der Waals surface area contributed by atoms with Gasteiger partial charge in [-0.2, -0.15) is 0 Å². The lowest BCUT2D eigenvalue weighted by Gasteiger charge is -2.31. The molecule has 0 bridgehead atoms. The third-order valence-corrected chi connectivity index (χ3v) is 3.47. The van der Waals surface area contributed by atoms with E-state index >= 15 is 0 Å². The first-order valence-electron chi connectivity index (χ1n) is 4.89. The minimum atomic E-state index is -0.196. The van der Waals surface area contributed by atoms with Gasteiger partial charge >= 0.3 is 0 Å². The van der Waals surface area contributed by atoms with Gasteiger partial charge in [-0.1, -0.05) is 28.4 Å². The fourth-order valence-electron chi connectivity index (χ4n) is 1.82. The van der Waals surface area contributed by atoms with Gasteiger partial charge in [0, 0.05) is 16.1 Å². The smallest absolute Gasteiger partial charge is 0.129 e. The maximum absolute atomic E-state index is 13.5. The molecule has 0 saturated heterocycles. The monoisotopic (exact) mass is 257 g/mol. The van der Waals surface area contributed by atoms with Gasteiger partial charge in [0.05, 0.1) is 0 Å². The normalized spacial score (nSPS) is 19.1. The van der Waals surface area contributed by atoms with E-state index in [0.29, 0.717) is 11.5 Å². The largest absolute Gasteiger partial charge is 0.324 e. The molecular formula is C11H13BrFN. The fraction of sp³-hybridized carbons (Fsp3) is 0.455. The highest BCUT2D eigenvalue weighted by Crippen LogP contribution is 2.37. The van der Waals surface area contributed by atoms with Gasteiger partial charge in [0.15, 0.2) is 0 Å². The van der Waals surface area contributed by atoms with Crippen LogP contribution < -0.4 is 5.73 Å². The van der Waals surface area contributed by atoms with Crippen LogP contribution in [0.4, 0.5) is 4.39 Å². The van der Waals surface area contributed by atoms with Gasteiger partial charge in [0.2, 0.25) is 0 Å². The van der Waals surface area contributed by atoms with E-state index in [0.717, 1.165) is 17.3 Å². The standard InChI is InChI=1S/C11H13BrFN/c12-8-4-5-9(10(13)6-8)11(14)7-2-1-3-7/h4-7,11H,1-3,14H2/t11-/m0/s1. The zero-order valence-electron chi connectivity index (χ0n) is 7.84. The molecule has 0 aromatic heterocycles. The molecule has 3 heteroatoms. The molecule has 0 radical (unpaired) electrons. The SMILES string of the molecule is N[C@H](c1ccc(Br)cc1F)C1CCC1. The average molecular weight is 258 g/mol. The van der Waals surface area contributed by atoms with Crippen LogP contribution in [0, 0.1) is 11.7 Å². The Kier molecular flexibility index (Phi) is 2.88. The first kappa shape index (κ1) is 10.1. The topological polar surface area (TPSA) is 26.0 Å². The highest BCUT2D eigenvalue weighted by atomic mass is 79.9. The van der Waals surface area contributed by atoms with Crippen molar-refractivity contribution in [3.8, 4) is 0 Å². The van der Waals surface area contributed by atoms with Crippen molar-refractivity contribution in [2.24, 2.45) is 11.7 Å². The van der Waals surface area contributed by atoms with Gasteiger partial charge < -0.3 is 5.73 Å². The molecule has 76 valence electrons. The Morgan fingerprint density at radius 1 is 1.43 bits per heavy atom. The number of halogens is 2. The zero-order chi connectivity index (χ0) is 10.1. The second-order valence-electron chi connectivity index (χ2n) is 3.88. The summed E-state index contributed by atoms with van der Waals surface area (Å²) < 4.78 is 14.3. The van der Waals surface area contributed by atoms with Gasteiger partial charge in [0.25, 0.3) is 0 Å². The van der Waals surface area contributed by atoms with Gasteiger partial charge in [0.1, 0.15) is 5.82 Å². The summed E-state index contributed by atoms with van der Waals surface area (Å²) in [6, 6.07) is 4.98. The van der Waals surface area contributed by atoms with E-state index in [1.807, 2.05) is 6.07 Å². The average Bonchev–Trinajstić information content (AvgIpc) is 2.00. The van der Waals surface area contributed by atoms with Gasteiger partial charge in [-0.05, 0) is 30.9 Å². The van der Waals surface area contributed by atoms with Crippen molar-refractivity contribution in [1.82, 2.24) is 0 Å². The molecule has 0 spiro atoms. The molecule has 1 aliphatic rings. The molecule has 2 rings (SSSR count). The molecule has 1 aromatic carbocycles. The predicted molar refractivity (Wildman–Crippen MR) is 58.4 cm³/mol. The lowest BCUT2D eigenvalue weighted by Crippen LogP contribution is -2.27. The molecule has 0 heterocycles. The summed E-state index contributed by atoms with van der Waals surface area (Å²) in [6.07, 6.45) is 3.50. The van der Waals surface area contributed by atoms with Crippen molar-refractivity contribution in [1.29, 1.82) is 0 Å². The minimum Gasteiger partial charge on any atom is -0.324 e. The van der Waals surface area contributed by atoms with Crippen molar-refractivity contribution in [3.05, 3.63) is 34.1 Å². The molecule has 1 fully saturated rings. The maximum atomic E-state index is 13.5. The van der Waals surface area contributed by atoms with Crippen molar-refractivity contribution < 1.29 is 4.39 Å². The molecular weight excluding hydrogens is 245 g/mol. The van der Waals surface area contributed by atoms with Gasteiger partial charge in [-0.15, -0.1) is 0 Å². The number of hydrogen-bond donors (Lipinski definition) is 1. The minimum absolute atomic E-state index is 0.128. The summed E-state index contributed by atoms with van der Waals surface area (Å²) in [4.78, 5) is 0. The van der Waals surface area contributed by atoms with Crippen LogP contribution in [-0.4, -0.2) is 0 Å². The molecule has 1 aliphatic carbocycles. The van der Waals surface area contributed by atoms with Crippen LogP contribution in [0.3, 0.4) is 0 Å². The first-order chi connectivity index (χ1) is 6.68. The summed E-state index contributed by atoms with van der Waals surface area (Å²) in [5.41, 5.74) is 6.65. The second kappa shape index (κ2) is 3.99. The number of hydrogen-bond acceptors (Lipinski definition) is 1. The predicted octanol–water partition coefficient (Wildman–Crippen LogP) is 3.39. The number of nitrogens with two attached hydrogens (primary N) is 1. The zero-order valence-corrected chi connectivity index (χ0v) is 9.43. The van der Waals surface area contributed by atoms with E-state index in [4.69, 9.17) is 5.73 Å². The lowest BCUT2D eigenvalue weighted by molar-refractivity contribution is 0.260. The lowest BCUT2D eigenvalue weighted by atomic mass is 9.77. The molecule has 1 aromatic rings.